The van der Waals surface area contributed by atoms with Crippen LogP contribution in [0.4, 0.5) is 5.69 Å². The molecule has 0 saturated carbocycles. The molecule has 1 aromatic carbocycles. The zero-order valence-electron chi connectivity index (χ0n) is 17.0. The Morgan fingerprint density at radius 3 is 2.89 bits per heavy atom. The average molecular weight is 383 g/mol. The highest BCUT2D eigenvalue weighted by Crippen LogP contribution is 2.56. The molecule has 1 N–H and O–H groups in total. The van der Waals surface area contributed by atoms with E-state index in [-0.39, 0.29) is 17.3 Å². The topological polar surface area (TPSA) is 50.8 Å². The third kappa shape index (κ3) is 2.67. The Labute approximate surface area is 167 Å². The fourth-order valence-corrected chi connectivity index (χ4v) is 5.79. The van der Waals surface area contributed by atoms with Crippen molar-refractivity contribution < 1.29 is 14.3 Å². The summed E-state index contributed by atoms with van der Waals surface area (Å²) >= 11 is 0. The number of anilines is 1. The maximum atomic E-state index is 12.5. The molecule has 5 nitrogen and oxygen atoms in total. The van der Waals surface area contributed by atoms with Crippen molar-refractivity contribution in [3.63, 3.8) is 0 Å². The van der Waals surface area contributed by atoms with E-state index < -0.39 is 0 Å². The first-order valence-corrected chi connectivity index (χ1v) is 10.2. The average Bonchev–Trinajstić information content (AvgIpc) is 3.23. The Bertz CT molecular complexity index is 818. The van der Waals surface area contributed by atoms with Gasteiger partial charge in [-0.3, -0.25) is 4.90 Å². The summed E-state index contributed by atoms with van der Waals surface area (Å²) in [5, 5.41) is 3.54. The van der Waals surface area contributed by atoms with E-state index in [1.54, 1.807) is 13.4 Å². The molecule has 28 heavy (non-hydrogen) atoms. The first-order valence-electron chi connectivity index (χ1n) is 10.2. The number of rotatable bonds is 4. The summed E-state index contributed by atoms with van der Waals surface area (Å²) in [4.78, 5) is 15.1. The van der Waals surface area contributed by atoms with Crippen LogP contribution >= 0.6 is 0 Å². The van der Waals surface area contributed by atoms with E-state index in [0.717, 1.165) is 38.0 Å². The van der Waals surface area contributed by atoms with Gasteiger partial charge in [-0.1, -0.05) is 38.1 Å². The van der Waals surface area contributed by atoms with Crippen molar-refractivity contribution in [3.8, 4) is 0 Å². The number of para-hydroxylation sites is 1. The van der Waals surface area contributed by atoms with Gasteiger partial charge in [0, 0.05) is 24.0 Å². The molecular weight excluding hydrogens is 352 g/mol. The van der Waals surface area contributed by atoms with Crippen molar-refractivity contribution >= 4 is 11.7 Å². The number of nitrogens with zero attached hydrogens (tertiary/aromatic N) is 1. The lowest BCUT2D eigenvalue weighted by atomic mass is 9.66. The molecule has 2 fully saturated rings. The fraction of sp³-hybridized carbons (Fsp3) is 0.522. The van der Waals surface area contributed by atoms with Crippen LogP contribution in [0.5, 0.6) is 0 Å². The molecule has 0 aliphatic carbocycles. The van der Waals surface area contributed by atoms with Gasteiger partial charge in [-0.25, -0.2) is 4.79 Å². The van der Waals surface area contributed by atoms with E-state index in [0.29, 0.717) is 17.5 Å². The summed E-state index contributed by atoms with van der Waals surface area (Å²) < 4.78 is 10.4. The minimum Gasteiger partial charge on any atom is -0.504 e. The molecular formula is C23H30N2O3. The van der Waals surface area contributed by atoms with Crippen molar-refractivity contribution in [1.82, 2.24) is 4.90 Å². The quantitative estimate of drug-likeness (QED) is 0.489. The second-order valence-corrected chi connectivity index (χ2v) is 8.19. The van der Waals surface area contributed by atoms with Gasteiger partial charge in [0.05, 0.1) is 31.5 Å². The van der Waals surface area contributed by atoms with Crippen LogP contribution in [0.3, 0.4) is 0 Å². The molecule has 0 amide bonds. The number of nitrogens with one attached hydrogen (secondary N) is 1. The number of hydrogen-bond donors (Lipinski definition) is 1. The maximum absolute atomic E-state index is 12.5. The molecule has 0 radical (unpaired) electrons. The van der Waals surface area contributed by atoms with Crippen molar-refractivity contribution in [2.75, 3.05) is 32.6 Å². The molecule has 1 aromatic rings. The highest BCUT2D eigenvalue weighted by Gasteiger charge is 2.57. The smallest absolute Gasteiger partial charge is 0.337 e. The minimum absolute atomic E-state index is 0.0954. The molecule has 0 bridgehead atoms. The van der Waals surface area contributed by atoms with Crippen molar-refractivity contribution in [3.05, 3.63) is 53.9 Å². The van der Waals surface area contributed by atoms with E-state index in [4.69, 9.17) is 9.47 Å². The summed E-state index contributed by atoms with van der Waals surface area (Å²) in [6, 6.07) is 8.87. The summed E-state index contributed by atoms with van der Waals surface area (Å²) in [6.07, 6.45) is 4.57. The second kappa shape index (κ2) is 7.28. The second-order valence-electron chi connectivity index (χ2n) is 8.19. The largest absolute Gasteiger partial charge is 0.504 e. The van der Waals surface area contributed by atoms with Crippen LogP contribution in [0.1, 0.15) is 31.7 Å². The van der Waals surface area contributed by atoms with Crippen LogP contribution in [0.2, 0.25) is 0 Å². The number of esters is 1. The van der Waals surface area contributed by atoms with Crippen molar-refractivity contribution in [2.24, 2.45) is 11.8 Å². The number of fused-ring (bicyclic) bond motifs is 4. The maximum Gasteiger partial charge on any atom is 0.337 e. The molecule has 4 atom stereocenters. The lowest BCUT2D eigenvalue weighted by Crippen LogP contribution is -2.51. The summed E-state index contributed by atoms with van der Waals surface area (Å²) in [5.74, 6) is 0.244. The lowest BCUT2D eigenvalue weighted by molar-refractivity contribution is -0.137. The Balaban J connectivity index is 1.74. The van der Waals surface area contributed by atoms with E-state index in [1.165, 1.54) is 18.4 Å². The van der Waals surface area contributed by atoms with Crippen LogP contribution in [0, 0.1) is 11.8 Å². The van der Waals surface area contributed by atoms with Gasteiger partial charge in [-0.05, 0) is 42.9 Å². The highest BCUT2D eigenvalue weighted by molar-refractivity contribution is 5.88. The zero-order chi connectivity index (χ0) is 19.9. The molecule has 3 heterocycles. The number of hydrogen-bond acceptors (Lipinski definition) is 5. The summed E-state index contributed by atoms with van der Waals surface area (Å²) in [6.45, 7) is 8.68. The Morgan fingerprint density at radius 1 is 1.39 bits per heavy atom. The van der Waals surface area contributed by atoms with Crippen LogP contribution < -0.4 is 5.32 Å². The first kappa shape index (κ1) is 19.1. The lowest BCUT2D eigenvalue weighted by Gasteiger charge is -2.46. The standard InChI is InChI=1S/C23H30N2O3/c1-5-16-13-25-11-10-23(15(2)24-20-9-7-6-8-19(20)23)21(25)12-17(16)18(14-27-3)22(26)28-4/h6-9,14,16-17,21,24H,2,5,10-13H2,1,3-4H3/t16-,17+,21?,23+/m1/s1. The first-order chi connectivity index (χ1) is 13.6. The molecule has 4 rings (SSSR count). The number of carbonyl (C=O) groups excluding carboxylic acids is 1. The number of benzene rings is 1. The number of piperidine rings is 1. The molecule has 5 heteroatoms. The molecule has 1 unspecified atom stereocenters. The molecule has 0 aromatic heterocycles. The van der Waals surface area contributed by atoms with Gasteiger partial charge in [-0.15, -0.1) is 0 Å². The van der Waals surface area contributed by atoms with Gasteiger partial charge in [0.1, 0.15) is 0 Å². The summed E-state index contributed by atoms with van der Waals surface area (Å²) in [5.41, 5.74) is 4.16. The van der Waals surface area contributed by atoms with Gasteiger partial charge in [-0.2, -0.15) is 0 Å². The van der Waals surface area contributed by atoms with Gasteiger partial charge in [0.2, 0.25) is 0 Å². The van der Waals surface area contributed by atoms with Gasteiger partial charge in [0.15, 0.2) is 0 Å². The van der Waals surface area contributed by atoms with Crippen molar-refractivity contribution in [1.29, 1.82) is 0 Å². The molecule has 3 aliphatic heterocycles. The Kier molecular flexibility index (Phi) is 4.96. The summed E-state index contributed by atoms with van der Waals surface area (Å²) in [7, 11) is 3.03. The van der Waals surface area contributed by atoms with E-state index in [2.05, 4.69) is 48.0 Å². The predicted molar refractivity (Wildman–Crippen MR) is 110 cm³/mol. The normalized spacial score (nSPS) is 32.0. The van der Waals surface area contributed by atoms with E-state index in [1.807, 2.05) is 0 Å². The number of ether oxygens (including phenoxy) is 2. The Hall–Kier alpha value is -2.27. The number of carbonyl (C=O) groups is 1. The third-order valence-corrected chi connectivity index (χ3v) is 7.14. The molecule has 150 valence electrons. The fourth-order valence-electron chi connectivity index (χ4n) is 5.79. The SMILES string of the molecule is C=C1Nc2ccccc2[C@]12CCN1C[C@@H](CC)[C@@H](C(=COC)C(=O)OC)CC12. The van der Waals surface area contributed by atoms with E-state index >= 15 is 0 Å². The monoisotopic (exact) mass is 382 g/mol. The van der Waals surface area contributed by atoms with Crippen LogP contribution in [0.15, 0.2) is 48.4 Å². The molecule has 1 spiro atoms. The van der Waals surface area contributed by atoms with Crippen LogP contribution in [-0.2, 0) is 19.7 Å². The molecule has 3 aliphatic rings. The zero-order valence-corrected chi connectivity index (χ0v) is 17.0. The van der Waals surface area contributed by atoms with Gasteiger partial charge < -0.3 is 14.8 Å². The van der Waals surface area contributed by atoms with Crippen molar-refractivity contribution in [2.45, 2.75) is 37.6 Å². The highest BCUT2D eigenvalue weighted by atomic mass is 16.5. The van der Waals surface area contributed by atoms with Crippen LogP contribution in [0.25, 0.3) is 0 Å². The van der Waals surface area contributed by atoms with Crippen LogP contribution in [-0.4, -0.2) is 44.2 Å². The van der Waals surface area contributed by atoms with Gasteiger partial charge in [0.25, 0.3) is 0 Å². The third-order valence-electron chi connectivity index (χ3n) is 7.14. The Morgan fingerprint density at radius 2 is 2.18 bits per heavy atom. The minimum atomic E-state index is -0.283. The predicted octanol–water partition coefficient (Wildman–Crippen LogP) is 3.69. The van der Waals surface area contributed by atoms with E-state index in [9.17, 15) is 4.79 Å². The number of methoxy groups -OCH3 is 2. The molecule has 2 saturated heterocycles. The van der Waals surface area contributed by atoms with Gasteiger partial charge >= 0.3 is 5.97 Å².